The van der Waals surface area contributed by atoms with Gasteiger partial charge in [-0.25, -0.2) is 4.79 Å². The number of nitrogens with zero attached hydrogens (tertiary/aromatic N) is 1. The van der Waals surface area contributed by atoms with E-state index in [0.29, 0.717) is 6.54 Å². The Hall–Kier alpha value is -1.97. The fourth-order valence-corrected chi connectivity index (χ4v) is 1.70. The predicted molar refractivity (Wildman–Crippen MR) is 64.2 cm³/mol. The minimum Gasteiger partial charge on any atom is -0.364 e. The highest BCUT2D eigenvalue weighted by atomic mass is 16.2. The number of anilines is 1. The van der Waals surface area contributed by atoms with Crippen LogP contribution in [0, 0.1) is 0 Å². The van der Waals surface area contributed by atoms with Crippen molar-refractivity contribution in [1.82, 2.24) is 5.32 Å². The van der Waals surface area contributed by atoms with Gasteiger partial charge in [-0.15, -0.1) is 0 Å². The summed E-state index contributed by atoms with van der Waals surface area (Å²) in [6.45, 7) is 2.42. The third-order valence-corrected chi connectivity index (χ3v) is 2.59. The van der Waals surface area contributed by atoms with Crippen molar-refractivity contribution in [1.29, 1.82) is 0 Å². The standard InChI is InChI=1S/C12H15N3O/c13-12(16)14-9-10-3-5-11(6-4-10)15-7-1-2-8-15/h1-6H,7-9H2,(H3,13,14,16). The highest BCUT2D eigenvalue weighted by Crippen LogP contribution is 2.17. The Labute approximate surface area is 94.7 Å². The first-order valence-corrected chi connectivity index (χ1v) is 5.28. The fourth-order valence-electron chi connectivity index (χ4n) is 1.70. The quantitative estimate of drug-likeness (QED) is 0.748. The van der Waals surface area contributed by atoms with Crippen LogP contribution in [-0.4, -0.2) is 19.1 Å². The van der Waals surface area contributed by atoms with Crippen LogP contribution in [0.2, 0.25) is 0 Å². The van der Waals surface area contributed by atoms with Crippen LogP contribution in [0.25, 0.3) is 0 Å². The van der Waals surface area contributed by atoms with Crippen molar-refractivity contribution in [3.05, 3.63) is 42.0 Å². The molecule has 2 rings (SSSR count). The molecule has 0 atom stereocenters. The molecular formula is C12H15N3O. The average molecular weight is 217 g/mol. The molecule has 1 aliphatic rings. The molecule has 0 bridgehead atoms. The fraction of sp³-hybridized carbons (Fsp3) is 0.250. The van der Waals surface area contributed by atoms with Crippen molar-refractivity contribution in [2.75, 3.05) is 18.0 Å². The highest BCUT2D eigenvalue weighted by molar-refractivity contribution is 5.71. The lowest BCUT2D eigenvalue weighted by atomic mass is 10.2. The molecule has 0 aromatic heterocycles. The van der Waals surface area contributed by atoms with E-state index in [2.05, 4.69) is 34.5 Å². The maximum Gasteiger partial charge on any atom is 0.312 e. The van der Waals surface area contributed by atoms with Gasteiger partial charge in [0.25, 0.3) is 0 Å². The minimum absolute atomic E-state index is 0.480. The number of hydrogen-bond donors (Lipinski definition) is 2. The molecule has 0 spiro atoms. The Morgan fingerprint density at radius 2 is 1.88 bits per heavy atom. The molecule has 0 radical (unpaired) electrons. The molecule has 3 N–H and O–H groups in total. The third kappa shape index (κ3) is 2.53. The summed E-state index contributed by atoms with van der Waals surface area (Å²) in [5.74, 6) is 0. The Bertz CT molecular complexity index is 389. The molecule has 1 aliphatic heterocycles. The highest BCUT2D eigenvalue weighted by Gasteiger charge is 2.06. The van der Waals surface area contributed by atoms with Gasteiger partial charge in [-0.1, -0.05) is 24.3 Å². The number of primary amides is 1. The lowest BCUT2D eigenvalue weighted by Crippen LogP contribution is -2.28. The molecule has 84 valence electrons. The molecule has 2 amide bonds. The molecule has 4 heteroatoms. The second-order valence-corrected chi connectivity index (χ2v) is 3.76. The van der Waals surface area contributed by atoms with Crippen LogP contribution in [0.5, 0.6) is 0 Å². The molecular weight excluding hydrogens is 202 g/mol. The first kappa shape index (κ1) is 10.5. The monoisotopic (exact) mass is 217 g/mol. The summed E-state index contributed by atoms with van der Waals surface area (Å²) in [5, 5.41) is 2.56. The Morgan fingerprint density at radius 1 is 1.25 bits per heavy atom. The zero-order chi connectivity index (χ0) is 11.4. The van der Waals surface area contributed by atoms with Crippen molar-refractivity contribution in [2.24, 2.45) is 5.73 Å². The number of hydrogen-bond acceptors (Lipinski definition) is 2. The molecule has 1 aromatic carbocycles. The number of urea groups is 1. The molecule has 1 heterocycles. The average Bonchev–Trinajstić information content (AvgIpc) is 2.80. The molecule has 0 aliphatic carbocycles. The van der Waals surface area contributed by atoms with E-state index >= 15 is 0 Å². The molecule has 0 saturated carbocycles. The van der Waals surface area contributed by atoms with Crippen LogP contribution in [0.1, 0.15) is 5.56 Å². The Balaban J connectivity index is 1.96. The Morgan fingerprint density at radius 3 is 2.44 bits per heavy atom. The van der Waals surface area contributed by atoms with Gasteiger partial charge in [0.15, 0.2) is 0 Å². The predicted octanol–water partition coefficient (Wildman–Crippen LogP) is 1.23. The van der Waals surface area contributed by atoms with Crippen LogP contribution in [0.15, 0.2) is 36.4 Å². The van der Waals surface area contributed by atoms with E-state index in [4.69, 9.17) is 5.73 Å². The van der Waals surface area contributed by atoms with Gasteiger partial charge in [0.1, 0.15) is 0 Å². The molecule has 1 aromatic rings. The lowest BCUT2D eigenvalue weighted by molar-refractivity contribution is 0.248. The summed E-state index contributed by atoms with van der Waals surface area (Å²) in [7, 11) is 0. The normalized spacial score (nSPS) is 14.1. The van der Waals surface area contributed by atoms with Crippen LogP contribution < -0.4 is 16.0 Å². The smallest absolute Gasteiger partial charge is 0.312 e. The second kappa shape index (κ2) is 4.70. The first-order chi connectivity index (χ1) is 7.75. The number of carbonyl (C=O) groups is 1. The zero-order valence-electron chi connectivity index (χ0n) is 9.02. The number of carbonyl (C=O) groups excluding carboxylic acids is 1. The lowest BCUT2D eigenvalue weighted by Gasteiger charge is -2.17. The van der Waals surface area contributed by atoms with Gasteiger partial charge in [0.05, 0.1) is 0 Å². The van der Waals surface area contributed by atoms with Crippen LogP contribution in [0.3, 0.4) is 0 Å². The van der Waals surface area contributed by atoms with E-state index in [9.17, 15) is 4.79 Å². The first-order valence-electron chi connectivity index (χ1n) is 5.28. The van der Waals surface area contributed by atoms with E-state index in [0.717, 1.165) is 18.7 Å². The van der Waals surface area contributed by atoms with Crippen molar-refractivity contribution in [3.63, 3.8) is 0 Å². The van der Waals surface area contributed by atoms with Gasteiger partial charge in [-0.3, -0.25) is 0 Å². The van der Waals surface area contributed by atoms with Gasteiger partial charge in [0.2, 0.25) is 0 Å². The Kier molecular flexibility index (Phi) is 3.10. The van der Waals surface area contributed by atoms with Crippen molar-refractivity contribution < 1.29 is 4.79 Å². The molecule has 4 nitrogen and oxygen atoms in total. The van der Waals surface area contributed by atoms with Gasteiger partial charge < -0.3 is 16.0 Å². The summed E-state index contributed by atoms with van der Waals surface area (Å²) in [6.07, 6.45) is 4.31. The summed E-state index contributed by atoms with van der Waals surface area (Å²) < 4.78 is 0. The zero-order valence-corrected chi connectivity index (χ0v) is 9.02. The summed E-state index contributed by atoms with van der Waals surface area (Å²) in [5.41, 5.74) is 7.26. The topological polar surface area (TPSA) is 58.4 Å². The number of rotatable bonds is 3. The molecule has 16 heavy (non-hydrogen) atoms. The van der Waals surface area contributed by atoms with Crippen molar-refractivity contribution in [3.8, 4) is 0 Å². The van der Waals surface area contributed by atoms with Gasteiger partial charge >= 0.3 is 6.03 Å². The van der Waals surface area contributed by atoms with E-state index in [-0.39, 0.29) is 0 Å². The summed E-state index contributed by atoms with van der Waals surface area (Å²) in [4.78, 5) is 12.8. The maximum atomic E-state index is 10.5. The van der Waals surface area contributed by atoms with E-state index in [1.54, 1.807) is 0 Å². The molecule has 0 fully saturated rings. The van der Waals surface area contributed by atoms with E-state index in [1.807, 2.05) is 12.1 Å². The minimum atomic E-state index is -0.493. The van der Waals surface area contributed by atoms with Crippen molar-refractivity contribution in [2.45, 2.75) is 6.54 Å². The van der Waals surface area contributed by atoms with Crippen LogP contribution in [-0.2, 0) is 6.54 Å². The number of benzene rings is 1. The van der Waals surface area contributed by atoms with Crippen LogP contribution in [0.4, 0.5) is 10.5 Å². The SMILES string of the molecule is NC(=O)NCc1ccc(N2CC=CC2)cc1. The largest absolute Gasteiger partial charge is 0.364 e. The second-order valence-electron chi connectivity index (χ2n) is 3.76. The van der Waals surface area contributed by atoms with E-state index in [1.165, 1.54) is 5.69 Å². The van der Waals surface area contributed by atoms with Crippen LogP contribution >= 0.6 is 0 Å². The maximum absolute atomic E-state index is 10.5. The third-order valence-electron chi connectivity index (χ3n) is 2.59. The summed E-state index contributed by atoms with van der Waals surface area (Å²) in [6, 6.07) is 7.64. The van der Waals surface area contributed by atoms with Gasteiger partial charge in [-0.2, -0.15) is 0 Å². The van der Waals surface area contributed by atoms with Crippen molar-refractivity contribution >= 4 is 11.7 Å². The number of nitrogens with two attached hydrogens (primary N) is 1. The number of nitrogens with one attached hydrogen (secondary N) is 1. The summed E-state index contributed by atoms with van der Waals surface area (Å²) >= 11 is 0. The number of amides is 2. The van der Waals surface area contributed by atoms with E-state index < -0.39 is 6.03 Å². The van der Waals surface area contributed by atoms with Gasteiger partial charge in [0, 0.05) is 25.3 Å². The molecule has 0 saturated heterocycles. The van der Waals surface area contributed by atoms with Gasteiger partial charge in [-0.05, 0) is 17.7 Å². The molecule has 0 unspecified atom stereocenters.